The quantitative estimate of drug-likeness (QED) is 0.561. The fraction of sp³-hybridized carbons (Fsp3) is 0.389. The predicted molar refractivity (Wildman–Crippen MR) is 110 cm³/mol. The summed E-state index contributed by atoms with van der Waals surface area (Å²) in [7, 11) is 0. The Labute approximate surface area is 173 Å². The fourth-order valence-electron chi connectivity index (χ4n) is 3.44. The lowest BCUT2D eigenvalue weighted by Gasteiger charge is -2.38. The van der Waals surface area contributed by atoms with Crippen LogP contribution in [-0.2, 0) is 6.42 Å². The van der Waals surface area contributed by atoms with Gasteiger partial charge in [0.25, 0.3) is 11.6 Å². The molecule has 1 aliphatic rings. The molecule has 2 atom stereocenters. The van der Waals surface area contributed by atoms with E-state index >= 15 is 0 Å². The summed E-state index contributed by atoms with van der Waals surface area (Å²) < 4.78 is 0.822. The SMILES string of the molecule is CC1Cc2cc(Cl)sc2C(C)N1CCNC(=O)c1ccc([N+](=O)[O-])cc1.Cl. The molecule has 0 saturated heterocycles. The molecular formula is C18H21Cl2N3O3S. The van der Waals surface area contributed by atoms with Crippen LogP contribution in [0.2, 0.25) is 4.34 Å². The summed E-state index contributed by atoms with van der Waals surface area (Å²) in [5.41, 5.74) is 1.72. The lowest BCUT2D eigenvalue weighted by atomic mass is 9.97. The van der Waals surface area contributed by atoms with Crippen molar-refractivity contribution >= 4 is 46.9 Å². The zero-order chi connectivity index (χ0) is 18.8. The van der Waals surface area contributed by atoms with Crippen molar-refractivity contribution in [2.24, 2.45) is 0 Å². The van der Waals surface area contributed by atoms with E-state index in [9.17, 15) is 14.9 Å². The van der Waals surface area contributed by atoms with Crippen molar-refractivity contribution in [3.8, 4) is 0 Å². The van der Waals surface area contributed by atoms with E-state index in [4.69, 9.17) is 11.6 Å². The van der Waals surface area contributed by atoms with Crippen LogP contribution in [0.25, 0.3) is 0 Å². The number of rotatable bonds is 5. The topological polar surface area (TPSA) is 75.5 Å². The first-order chi connectivity index (χ1) is 12.4. The largest absolute Gasteiger partial charge is 0.351 e. The van der Waals surface area contributed by atoms with Crippen LogP contribution in [0, 0.1) is 10.1 Å². The van der Waals surface area contributed by atoms with Gasteiger partial charge in [0.2, 0.25) is 0 Å². The first kappa shape index (κ1) is 21.6. The zero-order valence-electron chi connectivity index (χ0n) is 15.0. The van der Waals surface area contributed by atoms with Crippen LogP contribution >= 0.6 is 35.3 Å². The lowest BCUT2D eigenvalue weighted by molar-refractivity contribution is -0.384. The summed E-state index contributed by atoms with van der Waals surface area (Å²) in [6.45, 7) is 5.59. The van der Waals surface area contributed by atoms with Crippen molar-refractivity contribution in [3.05, 3.63) is 60.8 Å². The standard InChI is InChI=1S/C18H20ClN3O3S.ClH/c1-11-9-14-10-16(19)26-17(14)12(2)21(11)8-7-20-18(23)13-3-5-15(6-4-13)22(24)25;/h3-6,10-12H,7-9H2,1-2H3,(H,20,23);1H. The Bertz CT molecular complexity index is 826. The van der Waals surface area contributed by atoms with E-state index in [0.717, 1.165) is 17.3 Å². The molecule has 2 aromatic rings. The molecule has 1 aromatic heterocycles. The Morgan fingerprint density at radius 3 is 2.67 bits per heavy atom. The Morgan fingerprint density at radius 1 is 1.37 bits per heavy atom. The summed E-state index contributed by atoms with van der Waals surface area (Å²) in [6.07, 6.45) is 0.958. The second kappa shape index (κ2) is 9.01. The van der Waals surface area contributed by atoms with Gasteiger partial charge in [-0.25, -0.2) is 0 Å². The van der Waals surface area contributed by atoms with Crippen LogP contribution in [0.5, 0.6) is 0 Å². The molecule has 2 unspecified atom stereocenters. The number of nitrogens with one attached hydrogen (secondary N) is 1. The van der Waals surface area contributed by atoms with Gasteiger partial charge < -0.3 is 5.32 Å². The number of hydrogen-bond acceptors (Lipinski definition) is 5. The van der Waals surface area contributed by atoms with Crippen LogP contribution in [0.4, 0.5) is 5.69 Å². The molecule has 2 heterocycles. The van der Waals surface area contributed by atoms with Gasteiger partial charge in [-0.2, -0.15) is 0 Å². The molecule has 1 N–H and O–H groups in total. The van der Waals surface area contributed by atoms with Crippen LogP contribution in [0.1, 0.15) is 40.7 Å². The van der Waals surface area contributed by atoms with Crippen molar-refractivity contribution < 1.29 is 9.72 Å². The Morgan fingerprint density at radius 2 is 2.04 bits per heavy atom. The van der Waals surface area contributed by atoms with Gasteiger partial charge in [-0.05, 0) is 44.0 Å². The highest BCUT2D eigenvalue weighted by atomic mass is 35.5. The molecule has 6 nitrogen and oxygen atoms in total. The number of amides is 1. The summed E-state index contributed by atoms with van der Waals surface area (Å²) in [6, 6.07) is 8.32. The minimum atomic E-state index is -0.480. The number of hydrogen-bond donors (Lipinski definition) is 1. The van der Waals surface area contributed by atoms with Gasteiger partial charge in [0.05, 0.1) is 9.26 Å². The minimum absolute atomic E-state index is 0. The third kappa shape index (κ3) is 4.79. The van der Waals surface area contributed by atoms with Crippen molar-refractivity contribution in [3.63, 3.8) is 0 Å². The summed E-state index contributed by atoms with van der Waals surface area (Å²) in [5, 5.41) is 13.6. The maximum Gasteiger partial charge on any atom is 0.269 e. The average Bonchev–Trinajstić information content (AvgIpc) is 2.98. The molecule has 27 heavy (non-hydrogen) atoms. The molecule has 0 bridgehead atoms. The fourth-order valence-corrected chi connectivity index (χ4v) is 4.81. The second-order valence-corrected chi connectivity index (χ2v) is 8.18. The number of benzene rings is 1. The normalized spacial score (nSPS) is 19.1. The number of carbonyl (C=O) groups is 1. The molecule has 3 rings (SSSR count). The van der Waals surface area contributed by atoms with E-state index in [-0.39, 0.29) is 30.0 Å². The van der Waals surface area contributed by atoms with Crippen molar-refractivity contribution in [2.45, 2.75) is 32.4 Å². The first-order valence-corrected chi connectivity index (χ1v) is 9.62. The van der Waals surface area contributed by atoms with E-state index in [1.54, 1.807) is 11.3 Å². The smallest absolute Gasteiger partial charge is 0.269 e. The van der Waals surface area contributed by atoms with Gasteiger partial charge in [0.1, 0.15) is 0 Å². The Hall–Kier alpha value is -1.67. The van der Waals surface area contributed by atoms with Crippen LogP contribution in [-0.4, -0.2) is 34.9 Å². The second-order valence-electron chi connectivity index (χ2n) is 6.47. The molecular weight excluding hydrogens is 409 g/mol. The Balaban J connectivity index is 0.00000261. The van der Waals surface area contributed by atoms with Gasteiger partial charge in [-0.15, -0.1) is 23.7 Å². The van der Waals surface area contributed by atoms with E-state index in [1.807, 2.05) is 0 Å². The van der Waals surface area contributed by atoms with E-state index in [1.165, 1.54) is 34.7 Å². The number of thiophene rings is 1. The van der Waals surface area contributed by atoms with Crippen LogP contribution < -0.4 is 5.32 Å². The number of nitrogens with zero attached hydrogens (tertiary/aromatic N) is 2. The average molecular weight is 430 g/mol. The van der Waals surface area contributed by atoms with E-state index in [2.05, 4.69) is 30.1 Å². The molecule has 0 saturated carbocycles. The molecule has 9 heteroatoms. The van der Waals surface area contributed by atoms with Gasteiger partial charge in [0, 0.05) is 47.7 Å². The number of nitro benzene ring substituents is 1. The maximum absolute atomic E-state index is 12.2. The van der Waals surface area contributed by atoms with Gasteiger partial charge in [-0.1, -0.05) is 11.6 Å². The number of fused-ring (bicyclic) bond motifs is 1. The van der Waals surface area contributed by atoms with Gasteiger partial charge in [-0.3, -0.25) is 19.8 Å². The van der Waals surface area contributed by atoms with Gasteiger partial charge in [0.15, 0.2) is 0 Å². The summed E-state index contributed by atoms with van der Waals surface area (Å²) in [5.74, 6) is -0.225. The van der Waals surface area contributed by atoms with E-state index < -0.39 is 4.92 Å². The first-order valence-electron chi connectivity index (χ1n) is 8.43. The monoisotopic (exact) mass is 429 g/mol. The summed E-state index contributed by atoms with van der Waals surface area (Å²) in [4.78, 5) is 26.1. The molecule has 0 radical (unpaired) electrons. The molecule has 0 aliphatic carbocycles. The molecule has 1 aromatic carbocycles. The molecule has 0 spiro atoms. The molecule has 1 amide bonds. The predicted octanol–water partition coefficient (Wildman–Crippen LogP) is 4.47. The highest BCUT2D eigenvalue weighted by Gasteiger charge is 2.30. The Kier molecular flexibility index (Phi) is 7.22. The third-order valence-corrected chi connectivity index (χ3v) is 6.24. The number of carbonyl (C=O) groups excluding carboxylic acids is 1. The van der Waals surface area contributed by atoms with Crippen molar-refractivity contribution in [1.29, 1.82) is 0 Å². The lowest BCUT2D eigenvalue weighted by Crippen LogP contribution is -2.44. The summed E-state index contributed by atoms with van der Waals surface area (Å²) >= 11 is 7.78. The number of non-ortho nitro benzene ring substituents is 1. The highest BCUT2D eigenvalue weighted by Crippen LogP contribution is 2.39. The molecule has 1 aliphatic heterocycles. The van der Waals surface area contributed by atoms with Crippen LogP contribution in [0.15, 0.2) is 30.3 Å². The minimum Gasteiger partial charge on any atom is -0.351 e. The maximum atomic E-state index is 12.2. The third-order valence-electron chi connectivity index (χ3n) is 4.77. The molecule has 146 valence electrons. The van der Waals surface area contributed by atoms with Crippen LogP contribution in [0.3, 0.4) is 0 Å². The van der Waals surface area contributed by atoms with Gasteiger partial charge >= 0.3 is 0 Å². The van der Waals surface area contributed by atoms with E-state index in [0.29, 0.717) is 18.2 Å². The number of halogens is 2. The van der Waals surface area contributed by atoms with Crippen molar-refractivity contribution in [1.82, 2.24) is 10.2 Å². The number of nitro groups is 1. The molecule has 0 fully saturated rings. The highest BCUT2D eigenvalue weighted by molar-refractivity contribution is 7.16. The zero-order valence-corrected chi connectivity index (χ0v) is 17.4. The van der Waals surface area contributed by atoms with Crippen molar-refractivity contribution in [2.75, 3.05) is 13.1 Å².